The fourth-order valence-corrected chi connectivity index (χ4v) is 1.84. The predicted octanol–water partition coefficient (Wildman–Crippen LogP) is 2.92. The van der Waals surface area contributed by atoms with Crippen LogP contribution < -0.4 is 10.1 Å². The molecule has 1 aromatic heterocycles. The van der Waals surface area contributed by atoms with Crippen molar-refractivity contribution in [3.05, 3.63) is 53.1 Å². The first-order valence-electron chi connectivity index (χ1n) is 6.67. The number of benzene rings is 1. The molecule has 5 nitrogen and oxygen atoms in total. The topological polar surface area (TPSA) is 64.1 Å². The molecule has 1 N–H and O–H groups in total. The number of nitrogens with zero attached hydrogens (tertiary/aromatic N) is 2. The molecule has 0 aliphatic rings. The van der Waals surface area contributed by atoms with Gasteiger partial charge >= 0.3 is 6.36 Å². The molecule has 0 bridgehead atoms. The van der Waals surface area contributed by atoms with Crippen LogP contribution in [-0.2, 0) is 6.54 Å². The lowest BCUT2D eigenvalue weighted by Crippen LogP contribution is -2.25. The number of amides is 1. The monoisotopic (exact) mass is 325 g/mol. The zero-order valence-corrected chi connectivity index (χ0v) is 12.4. The van der Waals surface area contributed by atoms with Crippen LogP contribution in [0, 0.1) is 13.8 Å². The van der Waals surface area contributed by atoms with E-state index in [1.165, 1.54) is 30.6 Å². The Morgan fingerprint density at radius 3 is 2.43 bits per heavy atom. The fraction of sp³-hybridized carbons (Fsp3) is 0.267. The number of alkyl halides is 3. The van der Waals surface area contributed by atoms with Gasteiger partial charge < -0.3 is 10.1 Å². The predicted molar refractivity (Wildman–Crippen MR) is 75.8 cm³/mol. The summed E-state index contributed by atoms with van der Waals surface area (Å²) in [6, 6.07) is 5.27. The second-order valence-corrected chi connectivity index (χ2v) is 4.81. The van der Waals surface area contributed by atoms with E-state index in [1.807, 2.05) is 0 Å². The van der Waals surface area contributed by atoms with E-state index >= 15 is 0 Å². The molecule has 8 heteroatoms. The van der Waals surface area contributed by atoms with Crippen LogP contribution >= 0.6 is 0 Å². The molecule has 0 unspecified atom stereocenters. The third kappa shape index (κ3) is 4.67. The van der Waals surface area contributed by atoms with Gasteiger partial charge in [-0.1, -0.05) is 12.1 Å². The smallest absolute Gasteiger partial charge is 0.406 e. The number of carbonyl (C=O) groups is 1. The average molecular weight is 325 g/mol. The van der Waals surface area contributed by atoms with Gasteiger partial charge in [0.2, 0.25) is 0 Å². The van der Waals surface area contributed by atoms with Crippen molar-refractivity contribution >= 4 is 5.91 Å². The maximum atomic E-state index is 12.1. The summed E-state index contributed by atoms with van der Waals surface area (Å²) >= 11 is 0. The van der Waals surface area contributed by atoms with Crippen molar-refractivity contribution in [3.8, 4) is 5.75 Å². The van der Waals surface area contributed by atoms with E-state index in [4.69, 9.17) is 0 Å². The molecule has 23 heavy (non-hydrogen) atoms. The highest BCUT2D eigenvalue weighted by Gasteiger charge is 2.30. The van der Waals surface area contributed by atoms with Crippen molar-refractivity contribution in [2.75, 3.05) is 0 Å². The Bertz CT molecular complexity index is 700. The van der Waals surface area contributed by atoms with Crippen LogP contribution in [0.15, 0.2) is 30.6 Å². The normalized spacial score (nSPS) is 11.2. The van der Waals surface area contributed by atoms with Gasteiger partial charge in [-0.15, -0.1) is 13.2 Å². The maximum absolute atomic E-state index is 12.1. The zero-order valence-electron chi connectivity index (χ0n) is 12.4. The van der Waals surface area contributed by atoms with Gasteiger partial charge in [-0.25, -0.2) is 9.97 Å². The summed E-state index contributed by atoms with van der Waals surface area (Å²) in [4.78, 5) is 20.0. The molecular formula is C15H14F3N3O2. The Balaban J connectivity index is 1.98. The van der Waals surface area contributed by atoms with Gasteiger partial charge in [0.25, 0.3) is 5.91 Å². The minimum atomic E-state index is -4.72. The Kier molecular flexibility index (Phi) is 4.83. The first-order chi connectivity index (χ1) is 10.8. The molecule has 1 aromatic carbocycles. The summed E-state index contributed by atoms with van der Waals surface area (Å²) in [5.74, 6) is -0.682. The summed E-state index contributed by atoms with van der Waals surface area (Å²) in [6.45, 7) is 3.67. The Morgan fingerprint density at radius 2 is 1.83 bits per heavy atom. The highest BCUT2D eigenvalue weighted by Crippen LogP contribution is 2.22. The van der Waals surface area contributed by atoms with E-state index < -0.39 is 6.36 Å². The molecule has 2 aromatic rings. The first-order valence-corrected chi connectivity index (χ1v) is 6.67. The minimum Gasteiger partial charge on any atom is -0.406 e. The van der Waals surface area contributed by atoms with Crippen molar-refractivity contribution < 1.29 is 22.7 Å². The first kappa shape index (κ1) is 16.7. The molecule has 0 radical (unpaired) electrons. The molecule has 0 saturated carbocycles. The quantitative estimate of drug-likeness (QED) is 0.939. The number of carbonyl (C=O) groups excluding carboxylic acids is 1. The van der Waals surface area contributed by atoms with Crippen molar-refractivity contribution in [2.24, 2.45) is 0 Å². The van der Waals surface area contributed by atoms with Crippen LogP contribution in [0.25, 0.3) is 0 Å². The molecule has 0 aliphatic heterocycles. The van der Waals surface area contributed by atoms with E-state index in [-0.39, 0.29) is 23.9 Å². The van der Waals surface area contributed by atoms with Crippen LogP contribution in [0.4, 0.5) is 13.2 Å². The van der Waals surface area contributed by atoms with E-state index in [9.17, 15) is 18.0 Å². The number of halogens is 3. The van der Waals surface area contributed by atoms with Crippen LogP contribution in [0.5, 0.6) is 5.75 Å². The summed E-state index contributed by atoms with van der Waals surface area (Å²) in [7, 11) is 0. The van der Waals surface area contributed by atoms with Crippen LogP contribution in [0.3, 0.4) is 0 Å². The van der Waals surface area contributed by atoms with Gasteiger partial charge in [-0.05, 0) is 31.5 Å². The molecule has 0 spiro atoms. The number of hydrogen-bond acceptors (Lipinski definition) is 4. The lowest BCUT2D eigenvalue weighted by atomic mass is 10.1. The standard InChI is InChI=1S/C15H14F3N3O2/c1-9-10(2)20-8-21-13(9)14(22)19-7-11-3-5-12(6-4-11)23-15(16,17)18/h3-6,8H,7H2,1-2H3,(H,19,22). The Labute approximate surface area is 130 Å². The molecule has 0 aliphatic carbocycles. The van der Waals surface area contributed by atoms with Crippen molar-refractivity contribution in [1.82, 2.24) is 15.3 Å². The van der Waals surface area contributed by atoms with Gasteiger partial charge in [-0.3, -0.25) is 4.79 Å². The van der Waals surface area contributed by atoms with E-state index in [1.54, 1.807) is 13.8 Å². The van der Waals surface area contributed by atoms with E-state index in [0.29, 0.717) is 16.8 Å². The zero-order chi connectivity index (χ0) is 17.0. The van der Waals surface area contributed by atoms with Crippen LogP contribution in [-0.4, -0.2) is 22.2 Å². The lowest BCUT2D eigenvalue weighted by Gasteiger charge is -2.10. The van der Waals surface area contributed by atoms with Crippen LogP contribution in [0.1, 0.15) is 27.3 Å². The van der Waals surface area contributed by atoms with Crippen molar-refractivity contribution in [1.29, 1.82) is 0 Å². The van der Waals surface area contributed by atoms with E-state index in [2.05, 4.69) is 20.0 Å². The van der Waals surface area contributed by atoms with Crippen molar-refractivity contribution in [3.63, 3.8) is 0 Å². The number of hydrogen-bond donors (Lipinski definition) is 1. The highest BCUT2D eigenvalue weighted by molar-refractivity contribution is 5.93. The second-order valence-electron chi connectivity index (χ2n) is 4.81. The number of ether oxygens (including phenoxy) is 1. The molecule has 1 amide bonds. The van der Waals surface area contributed by atoms with Gasteiger partial charge in [0.05, 0.1) is 0 Å². The third-order valence-corrected chi connectivity index (χ3v) is 3.16. The van der Waals surface area contributed by atoms with E-state index in [0.717, 1.165) is 0 Å². The second kappa shape index (κ2) is 6.64. The fourth-order valence-electron chi connectivity index (χ4n) is 1.84. The molecule has 2 rings (SSSR count). The number of rotatable bonds is 4. The molecular weight excluding hydrogens is 311 g/mol. The average Bonchev–Trinajstić information content (AvgIpc) is 2.47. The summed E-state index contributed by atoms with van der Waals surface area (Å²) in [5.41, 5.74) is 2.29. The molecule has 0 saturated heterocycles. The van der Waals surface area contributed by atoms with Crippen LogP contribution in [0.2, 0.25) is 0 Å². The third-order valence-electron chi connectivity index (χ3n) is 3.16. The highest BCUT2D eigenvalue weighted by atomic mass is 19.4. The van der Waals surface area contributed by atoms with Gasteiger partial charge in [0.15, 0.2) is 0 Å². The molecule has 0 fully saturated rings. The van der Waals surface area contributed by atoms with Crippen molar-refractivity contribution in [2.45, 2.75) is 26.8 Å². The largest absolute Gasteiger partial charge is 0.573 e. The Hall–Kier alpha value is -2.64. The summed E-state index contributed by atoms with van der Waals surface area (Å²) in [6.07, 6.45) is -3.42. The minimum absolute atomic E-state index is 0.160. The number of aryl methyl sites for hydroxylation is 1. The molecule has 122 valence electrons. The SMILES string of the molecule is Cc1ncnc(C(=O)NCc2ccc(OC(F)(F)F)cc2)c1C. The molecule has 0 atom stereocenters. The maximum Gasteiger partial charge on any atom is 0.573 e. The number of nitrogens with one attached hydrogen (secondary N) is 1. The number of aromatic nitrogens is 2. The summed E-state index contributed by atoms with van der Waals surface area (Å²) in [5, 5.41) is 2.66. The van der Waals surface area contributed by atoms with Gasteiger partial charge in [-0.2, -0.15) is 0 Å². The summed E-state index contributed by atoms with van der Waals surface area (Å²) < 4.78 is 40.0. The molecule has 1 heterocycles. The van der Waals surface area contributed by atoms with Gasteiger partial charge in [0, 0.05) is 17.8 Å². The lowest BCUT2D eigenvalue weighted by molar-refractivity contribution is -0.274. The Morgan fingerprint density at radius 1 is 1.17 bits per heavy atom. The van der Waals surface area contributed by atoms with Gasteiger partial charge in [0.1, 0.15) is 17.8 Å².